The molecule has 0 saturated heterocycles. The predicted octanol–water partition coefficient (Wildman–Crippen LogP) is 5.15. The van der Waals surface area contributed by atoms with E-state index in [1.807, 2.05) is 6.07 Å². The molecule has 72 valence electrons. The highest BCUT2D eigenvalue weighted by Gasteiger charge is 2.08. The summed E-state index contributed by atoms with van der Waals surface area (Å²) in [5.74, 6) is 0. The number of alkyl halides is 3. The molecule has 0 aliphatic carbocycles. The van der Waals surface area contributed by atoms with E-state index in [-0.39, 0.29) is 0 Å². The normalized spacial score (nSPS) is 10.8. The maximum Gasteiger partial charge on any atom is 0.0877 e. The molecule has 0 bridgehead atoms. The van der Waals surface area contributed by atoms with E-state index < -0.39 is 0 Å². The van der Waals surface area contributed by atoms with Crippen LogP contribution in [0.25, 0.3) is 0 Å². The van der Waals surface area contributed by atoms with Gasteiger partial charge < -0.3 is 0 Å². The smallest absolute Gasteiger partial charge is 0.0877 e. The van der Waals surface area contributed by atoms with Crippen molar-refractivity contribution in [1.29, 1.82) is 0 Å². The fourth-order valence-corrected chi connectivity index (χ4v) is 2.94. The van der Waals surface area contributed by atoms with Crippen molar-refractivity contribution in [1.82, 2.24) is 0 Å². The van der Waals surface area contributed by atoms with Crippen molar-refractivity contribution in [3.05, 3.63) is 34.3 Å². The lowest BCUT2D eigenvalue weighted by Crippen LogP contribution is -1.93. The number of benzene rings is 1. The summed E-state index contributed by atoms with van der Waals surface area (Å²) in [7, 11) is 0. The van der Waals surface area contributed by atoms with Crippen LogP contribution in [0.3, 0.4) is 0 Å². The van der Waals surface area contributed by atoms with Crippen LogP contribution >= 0.6 is 72.7 Å². The molecule has 0 unspecified atom stereocenters. The van der Waals surface area contributed by atoms with Crippen LogP contribution in [0.1, 0.15) is 13.1 Å². The summed E-state index contributed by atoms with van der Waals surface area (Å²) in [6.07, 6.45) is 1.04. The molecule has 4 heteroatoms. The SMILES string of the molecule is Clc1ccc(C(I)I)c(CCBr)c1. The monoisotopic (exact) mass is 484 g/mol. The van der Waals surface area contributed by atoms with E-state index >= 15 is 0 Å². The highest BCUT2D eigenvalue weighted by atomic mass is 127. The molecule has 1 aromatic carbocycles. The van der Waals surface area contributed by atoms with Gasteiger partial charge in [-0.05, 0) is 29.7 Å². The van der Waals surface area contributed by atoms with Crippen molar-refractivity contribution in [2.45, 2.75) is 8.35 Å². The Balaban J connectivity index is 3.03. The Morgan fingerprint density at radius 1 is 1.38 bits per heavy atom. The lowest BCUT2D eigenvalue weighted by molar-refractivity contribution is 1.13. The number of hydrogen-bond acceptors (Lipinski definition) is 0. The van der Waals surface area contributed by atoms with Gasteiger partial charge in [-0.25, -0.2) is 0 Å². The third kappa shape index (κ3) is 3.83. The van der Waals surface area contributed by atoms with Gasteiger partial charge >= 0.3 is 0 Å². The fraction of sp³-hybridized carbons (Fsp3) is 0.333. The molecule has 0 aliphatic heterocycles. The third-order valence-electron chi connectivity index (χ3n) is 1.70. The van der Waals surface area contributed by atoms with Crippen LogP contribution in [0.15, 0.2) is 18.2 Å². The van der Waals surface area contributed by atoms with Crippen molar-refractivity contribution in [3.63, 3.8) is 0 Å². The molecule has 0 saturated carbocycles. The zero-order valence-electron chi connectivity index (χ0n) is 6.74. The summed E-state index contributed by atoms with van der Waals surface area (Å²) in [5.41, 5.74) is 2.73. The number of aryl methyl sites for hydroxylation is 1. The Morgan fingerprint density at radius 3 is 2.62 bits per heavy atom. The van der Waals surface area contributed by atoms with E-state index in [1.165, 1.54) is 11.1 Å². The van der Waals surface area contributed by atoms with Gasteiger partial charge in [0.15, 0.2) is 0 Å². The minimum Gasteiger partial charge on any atom is -0.0924 e. The Kier molecular flexibility index (Phi) is 5.90. The van der Waals surface area contributed by atoms with Gasteiger partial charge in [0.05, 0.1) is 1.93 Å². The molecule has 0 heterocycles. The lowest BCUT2D eigenvalue weighted by atomic mass is 10.1. The molecule has 0 aliphatic rings. The van der Waals surface area contributed by atoms with Crippen LogP contribution in [-0.4, -0.2) is 5.33 Å². The minimum atomic E-state index is 0.515. The van der Waals surface area contributed by atoms with Gasteiger partial charge in [0.25, 0.3) is 0 Å². The van der Waals surface area contributed by atoms with Crippen molar-refractivity contribution >= 4 is 72.7 Å². The predicted molar refractivity (Wildman–Crippen MR) is 79.7 cm³/mol. The van der Waals surface area contributed by atoms with Gasteiger partial charge in [0, 0.05) is 10.4 Å². The molecule has 13 heavy (non-hydrogen) atoms. The second-order valence-electron chi connectivity index (χ2n) is 2.58. The van der Waals surface area contributed by atoms with Crippen LogP contribution in [0.5, 0.6) is 0 Å². The van der Waals surface area contributed by atoms with Crippen molar-refractivity contribution in [2.75, 3.05) is 5.33 Å². The van der Waals surface area contributed by atoms with E-state index in [2.05, 4.69) is 73.2 Å². The molecule has 0 fully saturated rings. The fourth-order valence-electron chi connectivity index (χ4n) is 1.11. The van der Waals surface area contributed by atoms with Gasteiger partial charge in [-0.1, -0.05) is 78.8 Å². The standard InChI is InChI=1S/C9H8BrClI2/c10-4-3-6-5-7(11)1-2-8(6)9(12)13/h1-2,5,9H,3-4H2. The van der Waals surface area contributed by atoms with Gasteiger partial charge in [-0.3, -0.25) is 0 Å². The molecule has 0 radical (unpaired) electrons. The van der Waals surface area contributed by atoms with Crippen LogP contribution in [-0.2, 0) is 6.42 Å². The topological polar surface area (TPSA) is 0 Å². The first kappa shape index (κ1) is 12.5. The van der Waals surface area contributed by atoms with Crippen LogP contribution in [0.2, 0.25) is 5.02 Å². The van der Waals surface area contributed by atoms with Crippen LogP contribution < -0.4 is 0 Å². The van der Waals surface area contributed by atoms with Gasteiger partial charge in [-0.2, -0.15) is 0 Å². The Bertz CT molecular complexity index is 289. The summed E-state index contributed by atoms with van der Waals surface area (Å²) in [4.78, 5) is 0. The third-order valence-corrected chi connectivity index (χ3v) is 3.68. The molecule has 0 spiro atoms. The molecule has 0 amide bonds. The average molecular weight is 485 g/mol. The summed E-state index contributed by atoms with van der Waals surface area (Å²) in [6.45, 7) is 0. The second kappa shape index (κ2) is 6.12. The van der Waals surface area contributed by atoms with E-state index in [4.69, 9.17) is 11.6 Å². The first-order chi connectivity index (χ1) is 6.15. The highest BCUT2D eigenvalue weighted by molar-refractivity contribution is 14.2. The Labute approximate surface area is 119 Å². The summed E-state index contributed by atoms with van der Waals surface area (Å²) >= 11 is 14.2. The van der Waals surface area contributed by atoms with E-state index in [0.717, 1.165) is 16.8 Å². The Hall–Kier alpha value is 1.45. The Morgan fingerprint density at radius 2 is 2.08 bits per heavy atom. The average Bonchev–Trinajstić information content (AvgIpc) is 2.04. The summed E-state index contributed by atoms with van der Waals surface area (Å²) in [6, 6.07) is 6.13. The first-order valence-electron chi connectivity index (χ1n) is 3.77. The van der Waals surface area contributed by atoms with E-state index in [0.29, 0.717) is 1.93 Å². The summed E-state index contributed by atoms with van der Waals surface area (Å²) in [5, 5.41) is 1.81. The highest BCUT2D eigenvalue weighted by Crippen LogP contribution is 2.34. The zero-order chi connectivity index (χ0) is 9.84. The lowest BCUT2D eigenvalue weighted by Gasteiger charge is -2.09. The van der Waals surface area contributed by atoms with E-state index in [9.17, 15) is 0 Å². The maximum absolute atomic E-state index is 5.94. The number of hydrogen-bond donors (Lipinski definition) is 0. The van der Waals surface area contributed by atoms with Gasteiger partial charge in [0.2, 0.25) is 0 Å². The largest absolute Gasteiger partial charge is 0.0924 e. The maximum atomic E-state index is 5.94. The molecule has 0 nitrogen and oxygen atoms in total. The van der Waals surface area contributed by atoms with Crippen LogP contribution in [0, 0.1) is 0 Å². The molecule has 0 N–H and O–H groups in total. The van der Waals surface area contributed by atoms with Crippen molar-refractivity contribution in [2.24, 2.45) is 0 Å². The quantitative estimate of drug-likeness (QED) is 0.411. The molecular weight excluding hydrogens is 477 g/mol. The molecule has 0 atom stereocenters. The van der Waals surface area contributed by atoms with Crippen molar-refractivity contribution in [3.8, 4) is 0 Å². The summed E-state index contributed by atoms with van der Waals surface area (Å²) < 4.78 is 0.515. The van der Waals surface area contributed by atoms with Crippen molar-refractivity contribution < 1.29 is 0 Å². The molecule has 0 aromatic heterocycles. The molecule has 1 aromatic rings. The number of halogens is 4. The van der Waals surface area contributed by atoms with Gasteiger partial charge in [-0.15, -0.1) is 0 Å². The van der Waals surface area contributed by atoms with Gasteiger partial charge in [0.1, 0.15) is 0 Å². The van der Waals surface area contributed by atoms with Crippen LogP contribution in [0.4, 0.5) is 0 Å². The number of rotatable bonds is 3. The second-order valence-corrected chi connectivity index (χ2v) is 8.69. The first-order valence-corrected chi connectivity index (χ1v) is 7.76. The molecular formula is C9H8BrClI2. The molecule has 1 rings (SSSR count). The van der Waals surface area contributed by atoms with E-state index in [1.54, 1.807) is 0 Å². The zero-order valence-corrected chi connectivity index (χ0v) is 13.4. The minimum absolute atomic E-state index is 0.515.